The average molecular weight is 507 g/mol. The molecular weight excluding hydrogens is 485 g/mol. The largest absolute Gasteiger partial charge is 0.365 e. The third kappa shape index (κ3) is 4.45. The molecule has 1 fully saturated rings. The van der Waals surface area contributed by atoms with Crippen LogP contribution in [0.1, 0.15) is 12.5 Å². The molecule has 162 valence electrons. The van der Waals surface area contributed by atoms with Crippen LogP contribution in [0.25, 0.3) is 10.2 Å². The lowest BCUT2D eigenvalue weighted by atomic mass is 10.2. The first-order valence-electron chi connectivity index (χ1n) is 9.38. The molecule has 30 heavy (non-hydrogen) atoms. The van der Waals surface area contributed by atoms with Crippen LogP contribution < -0.4 is 5.32 Å². The van der Waals surface area contributed by atoms with Crippen LogP contribution in [0, 0.1) is 6.92 Å². The van der Waals surface area contributed by atoms with E-state index in [0.29, 0.717) is 30.5 Å². The molecule has 0 saturated carbocycles. The van der Waals surface area contributed by atoms with E-state index in [2.05, 4.69) is 32.5 Å². The smallest absolute Gasteiger partial charge is 0.252 e. The van der Waals surface area contributed by atoms with E-state index in [-0.39, 0.29) is 15.3 Å². The molecule has 12 heteroatoms. The van der Waals surface area contributed by atoms with Crippen LogP contribution in [0.5, 0.6) is 0 Å². The molecule has 0 aliphatic carbocycles. The molecule has 3 aromatic heterocycles. The van der Waals surface area contributed by atoms with Gasteiger partial charge >= 0.3 is 0 Å². The minimum absolute atomic E-state index is 0.156. The van der Waals surface area contributed by atoms with E-state index in [9.17, 15) is 8.42 Å². The molecule has 7 nitrogen and oxygen atoms in total. The van der Waals surface area contributed by atoms with E-state index < -0.39 is 10.0 Å². The van der Waals surface area contributed by atoms with Gasteiger partial charge in [-0.25, -0.2) is 18.4 Å². The zero-order valence-corrected chi connectivity index (χ0v) is 20.4. The monoisotopic (exact) mass is 505 g/mol. The zero-order valence-electron chi connectivity index (χ0n) is 16.4. The van der Waals surface area contributed by atoms with Crippen LogP contribution >= 0.6 is 45.9 Å². The number of piperazine rings is 1. The van der Waals surface area contributed by atoms with Gasteiger partial charge < -0.3 is 5.32 Å². The van der Waals surface area contributed by atoms with Crippen molar-refractivity contribution in [2.45, 2.75) is 24.1 Å². The van der Waals surface area contributed by atoms with Gasteiger partial charge in [-0.3, -0.25) is 4.90 Å². The Kier molecular flexibility index (Phi) is 6.55. The lowest BCUT2D eigenvalue weighted by Crippen LogP contribution is -2.50. The van der Waals surface area contributed by atoms with Crippen molar-refractivity contribution in [2.24, 2.45) is 0 Å². The van der Waals surface area contributed by atoms with Crippen molar-refractivity contribution in [1.82, 2.24) is 19.2 Å². The summed E-state index contributed by atoms with van der Waals surface area (Å²) < 4.78 is 28.7. The topological polar surface area (TPSA) is 78.4 Å². The van der Waals surface area contributed by atoms with Crippen molar-refractivity contribution in [3.63, 3.8) is 0 Å². The molecule has 0 unspecified atom stereocenters. The number of hydrogen-bond donors (Lipinski definition) is 1. The van der Waals surface area contributed by atoms with Crippen LogP contribution in [0.4, 0.5) is 5.82 Å². The Morgan fingerprint density at radius 2 is 1.97 bits per heavy atom. The number of aryl methyl sites for hydroxylation is 1. The van der Waals surface area contributed by atoms with Crippen LogP contribution in [-0.2, 0) is 10.0 Å². The predicted octanol–water partition coefficient (Wildman–Crippen LogP) is 4.17. The Hall–Kier alpha value is -1.01. The number of sulfonamides is 1. The molecule has 4 rings (SSSR count). The van der Waals surface area contributed by atoms with E-state index >= 15 is 0 Å². The summed E-state index contributed by atoms with van der Waals surface area (Å²) in [5, 5.41) is 5.84. The second-order valence-corrected chi connectivity index (χ2v) is 12.4. The average Bonchev–Trinajstić information content (AvgIpc) is 3.26. The minimum Gasteiger partial charge on any atom is -0.365 e. The van der Waals surface area contributed by atoms with Crippen molar-refractivity contribution < 1.29 is 8.42 Å². The summed E-state index contributed by atoms with van der Waals surface area (Å²) in [5.41, 5.74) is 2.14. The van der Waals surface area contributed by atoms with E-state index in [4.69, 9.17) is 23.2 Å². The number of rotatable bonds is 6. The van der Waals surface area contributed by atoms with Gasteiger partial charge in [0.2, 0.25) is 0 Å². The van der Waals surface area contributed by atoms with Crippen molar-refractivity contribution in [2.75, 3.05) is 38.0 Å². The number of anilines is 1. The van der Waals surface area contributed by atoms with E-state index in [1.54, 1.807) is 17.7 Å². The van der Waals surface area contributed by atoms with Gasteiger partial charge in [-0.1, -0.05) is 23.2 Å². The molecule has 4 heterocycles. The van der Waals surface area contributed by atoms with Crippen LogP contribution in [0.15, 0.2) is 22.0 Å². The molecule has 1 N–H and O–H groups in total. The fourth-order valence-corrected chi connectivity index (χ4v) is 7.88. The Bertz CT molecular complexity index is 1140. The summed E-state index contributed by atoms with van der Waals surface area (Å²) in [7, 11) is -3.56. The first kappa shape index (κ1) is 22.2. The molecule has 0 amide bonds. The van der Waals surface area contributed by atoms with Gasteiger partial charge in [0.15, 0.2) is 0 Å². The summed E-state index contributed by atoms with van der Waals surface area (Å²) in [5.74, 6) is 0.846. The second kappa shape index (κ2) is 8.85. The number of hydrogen-bond acceptors (Lipinski definition) is 8. The first-order valence-corrected chi connectivity index (χ1v) is 13.3. The maximum atomic E-state index is 12.8. The van der Waals surface area contributed by atoms with Crippen molar-refractivity contribution in [3.8, 4) is 0 Å². The standard InChI is InChI=1S/C18H21Cl2N5O2S3/c1-11-9-28-16-15(11)21-10-22-18(16)23-12(2)8-24-3-5-25(6-4-24)30(26,27)14-7-13(19)17(20)29-14/h7,9-10,12H,3-6,8H2,1-2H3,(H,21,22,23)/t12-/m0/s1. The van der Waals surface area contributed by atoms with Crippen molar-refractivity contribution in [3.05, 3.63) is 32.7 Å². The number of thiophene rings is 2. The van der Waals surface area contributed by atoms with Gasteiger partial charge in [-0.15, -0.1) is 22.7 Å². The number of nitrogens with one attached hydrogen (secondary N) is 1. The van der Waals surface area contributed by atoms with E-state index in [1.807, 2.05) is 6.92 Å². The Balaban J connectivity index is 1.35. The van der Waals surface area contributed by atoms with Gasteiger partial charge in [0.1, 0.15) is 20.7 Å². The maximum Gasteiger partial charge on any atom is 0.252 e. The van der Waals surface area contributed by atoms with Gasteiger partial charge in [-0.05, 0) is 30.9 Å². The fraction of sp³-hybridized carbons (Fsp3) is 0.444. The summed E-state index contributed by atoms with van der Waals surface area (Å²) >= 11 is 14.5. The quantitative estimate of drug-likeness (QED) is 0.541. The molecule has 0 spiro atoms. The van der Waals surface area contributed by atoms with Gasteiger partial charge in [0.25, 0.3) is 10.0 Å². The Morgan fingerprint density at radius 3 is 2.63 bits per heavy atom. The highest BCUT2D eigenvalue weighted by atomic mass is 35.5. The third-order valence-corrected chi connectivity index (χ3v) is 10.3. The third-order valence-electron chi connectivity index (χ3n) is 4.99. The van der Waals surface area contributed by atoms with Crippen LogP contribution in [0.2, 0.25) is 9.36 Å². The lowest BCUT2D eigenvalue weighted by Gasteiger charge is -2.35. The fourth-order valence-electron chi connectivity index (χ4n) is 3.47. The maximum absolute atomic E-state index is 12.8. The highest BCUT2D eigenvalue weighted by Crippen LogP contribution is 2.36. The number of halogens is 2. The molecule has 0 aromatic carbocycles. The molecule has 1 aliphatic rings. The van der Waals surface area contributed by atoms with E-state index in [0.717, 1.165) is 39.5 Å². The van der Waals surface area contributed by atoms with Crippen LogP contribution in [0.3, 0.4) is 0 Å². The number of nitrogens with zero attached hydrogens (tertiary/aromatic N) is 4. The lowest BCUT2D eigenvalue weighted by molar-refractivity contribution is 0.184. The summed E-state index contributed by atoms with van der Waals surface area (Å²) in [6.45, 7) is 7.14. The Labute approximate surface area is 193 Å². The first-order chi connectivity index (χ1) is 14.3. The molecule has 1 aliphatic heterocycles. The van der Waals surface area contributed by atoms with Gasteiger partial charge in [-0.2, -0.15) is 4.31 Å². The highest BCUT2D eigenvalue weighted by molar-refractivity contribution is 7.91. The zero-order chi connectivity index (χ0) is 21.5. The molecule has 0 bridgehead atoms. The number of fused-ring (bicyclic) bond motifs is 1. The summed E-state index contributed by atoms with van der Waals surface area (Å²) in [4.78, 5) is 11.0. The van der Waals surface area contributed by atoms with Crippen LogP contribution in [-0.4, -0.2) is 66.4 Å². The summed E-state index contributed by atoms with van der Waals surface area (Å²) in [6.07, 6.45) is 1.59. The SMILES string of the molecule is Cc1csc2c(N[C@@H](C)CN3CCN(S(=O)(=O)c4cc(Cl)c(Cl)s4)CC3)ncnc12. The minimum atomic E-state index is -3.56. The van der Waals surface area contributed by atoms with Crippen molar-refractivity contribution >= 4 is 71.9 Å². The molecular formula is C18H21Cl2N5O2S3. The van der Waals surface area contributed by atoms with Crippen molar-refractivity contribution in [1.29, 1.82) is 0 Å². The van der Waals surface area contributed by atoms with Gasteiger partial charge in [0.05, 0.1) is 15.2 Å². The highest BCUT2D eigenvalue weighted by Gasteiger charge is 2.31. The summed E-state index contributed by atoms with van der Waals surface area (Å²) in [6, 6.07) is 1.58. The molecule has 1 saturated heterocycles. The predicted molar refractivity (Wildman–Crippen MR) is 125 cm³/mol. The number of aromatic nitrogens is 2. The Morgan fingerprint density at radius 1 is 1.23 bits per heavy atom. The van der Waals surface area contributed by atoms with E-state index in [1.165, 1.54) is 10.4 Å². The normalized spacial score (nSPS) is 17.5. The second-order valence-electron chi connectivity index (χ2n) is 7.26. The molecule has 1 atom stereocenters. The molecule has 0 radical (unpaired) electrons. The van der Waals surface area contributed by atoms with Gasteiger partial charge in [0, 0.05) is 38.8 Å². The molecule has 3 aromatic rings.